The third-order valence-corrected chi connectivity index (χ3v) is 5.04. The summed E-state index contributed by atoms with van der Waals surface area (Å²) in [7, 11) is 0. The lowest BCUT2D eigenvalue weighted by atomic mass is 9.88. The summed E-state index contributed by atoms with van der Waals surface area (Å²) in [6.45, 7) is 5.33. The number of aromatic nitrogens is 1. The molecule has 1 aromatic carbocycles. The first-order valence-electron chi connectivity index (χ1n) is 9.08. The normalized spacial score (nSPS) is 15.3. The van der Waals surface area contributed by atoms with Crippen LogP contribution in [0.15, 0.2) is 47.4 Å². The maximum atomic E-state index is 12.7. The molecule has 1 amide bonds. The molecule has 3 rings (SSSR count). The van der Waals surface area contributed by atoms with Gasteiger partial charge in [0.2, 0.25) is 5.56 Å². The molecule has 0 spiro atoms. The minimum atomic E-state index is -0.286. The van der Waals surface area contributed by atoms with Crippen LogP contribution in [0, 0.1) is 5.92 Å². The Labute approximate surface area is 153 Å². The van der Waals surface area contributed by atoms with Crippen LogP contribution in [0.3, 0.4) is 0 Å². The van der Waals surface area contributed by atoms with Gasteiger partial charge in [-0.05, 0) is 30.4 Å². The quantitative estimate of drug-likeness (QED) is 0.859. The van der Waals surface area contributed by atoms with E-state index >= 15 is 0 Å². The number of carbonyl (C=O) groups is 2. The predicted molar refractivity (Wildman–Crippen MR) is 101 cm³/mol. The van der Waals surface area contributed by atoms with Crippen molar-refractivity contribution in [1.29, 1.82) is 0 Å². The molecule has 0 aliphatic carbocycles. The van der Waals surface area contributed by atoms with Crippen molar-refractivity contribution in [2.75, 3.05) is 13.1 Å². The summed E-state index contributed by atoms with van der Waals surface area (Å²) < 4.78 is 0. The van der Waals surface area contributed by atoms with Crippen molar-refractivity contribution in [2.24, 2.45) is 5.92 Å². The summed E-state index contributed by atoms with van der Waals surface area (Å²) >= 11 is 0. The largest absolute Gasteiger partial charge is 0.339 e. The third kappa shape index (κ3) is 3.93. The monoisotopic (exact) mass is 352 g/mol. The van der Waals surface area contributed by atoms with E-state index in [-0.39, 0.29) is 23.2 Å². The van der Waals surface area contributed by atoms with Crippen molar-refractivity contribution >= 4 is 11.7 Å². The van der Waals surface area contributed by atoms with Gasteiger partial charge in [-0.1, -0.05) is 38.1 Å². The van der Waals surface area contributed by atoms with Gasteiger partial charge in [-0.3, -0.25) is 14.4 Å². The Hall–Kier alpha value is -2.69. The number of nitrogens with zero attached hydrogens (tertiary/aromatic N) is 1. The summed E-state index contributed by atoms with van der Waals surface area (Å²) in [5, 5.41) is 0. The van der Waals surface area contributed by atoms with Crippen LogP contribution in [0.4, 0.5) is 0 Å². The van der Waals surface area contributed by atoms with Crippen molar-refractivity contribution in [3.63, 3.8) is 0 Å². The fraction of sp³-hybridized carbons (Fsp3) is 0.381. The Bertz CT molecular complexity index is 844. The van der Waals surface area contributed by atoms with E-state index in [4.69, 9.17) is 0 Å². The Kier molecular flexibility index (Phi) is 5.35. The minimum Gasteiger partial charge on any atom is -0.339 e. The average Bonchev–Trinajstić information content (AvgIpc) is 2.67. The molecule has 2 aromatic rings. The highest BCUT2D eigenvalue weighted by Crippen LogP contribution is 2.24. The van der Waals surface area contributed by atoms with E-state index in [1.165, 1.54) is 17.8 Å². The number of likely N-dealkylation sites (tertiary alicyclic amines) is 1. The Balaban J connectivity index is 1.61. The van der Waals surface area contributed by atoms with Crippen LogP contribution < -0.4 is 5.56 Å². The van der Waals surface area contributed by atoms with Gasteiger partial charge in [-0.15, -0.1) is 0 Å². The maximum absolute atomic E-state index is 12.7. The molecule has 0 saturated carbocycles. The number of amides is 1. The van der Waals surface area contributed by atoms with Crippen LogP contribution in [0.5, 0.6) is 0 Å². The molecule has 1 aromatic heterocycles. The molecule has 0 atom stereocenters. The first kappa shape index (κ1) is 18.1. The van der Waals surface area contributed by atoms with Gasteiger partial charge in [0.25, 0.3) is 5.91 Å². The Morgan fingerprint density at radius 3 is 2.27 bits per heavy atom. The Morgan fingerprint density at radius 1 is 1.04 bits per heavy atom. The fourth-order valence-electron chi connectivity index (χ4n) is 3.37. The van der Waals surface area contributed by atoms with E-state index in [0.29, 0.717) is 37.4 Å². The smallest absolute Gasteiger partial charge is 0.254 e. The molecule has 1 aliphatic rings. The highest BCUT2D eigenvalue weighted by Gasteiger charge is 2.28. The molecule has 1 fully saturated rings. The van der Waals surface area contributed by atoms with E-state index in [9.17, 15) is 14.4 Å². The standard InChI is InChI=1S/C21H24N2O3/c1-14(2)15-3-5-16(6-4-15)20(25)17-8-11-23(12-9-17)21(26)18-7-10-22-19(24)13-18/h3-7,10,13-14,17H,8-9,11-12H2,1-2H3,(H,22,24). The van der Waals surface area contributed by atoms with Crippen LogP contribution in [0.25, 0.3) is 0 Å². The van der Waals surface area contributed by atoms with Gasteiger partial charge in [-0.2, -0.15) is 0 Å². The van der Waals surface area contributed by atoms with E-state index in [1.54, 1.807) is 11.0 Å². The molecule has 0 radical (unpaired) electrons. The van der Waals surface area contributed by atoms with Gasteiger partial charge in [0, 0.05) is 42.4 Å². The van der Waals surface area contributed by atoms with E-state index in [0.717, 1.165) is 5.56 Å². The lowest BCUT2D eigenvalue weighted by molar-refractivity contribution is 0.0650. The molecular formula is C21H24N2O3. The number of Topliss-reactive ketones (excluding diaryl/α,β-unsaturated/α-hetero) is 1. The zero-order chi connectivity index (χ0) is 18.7. The van der Waals surface area contributed by atoms with Crippen LogP contribution in [-0.4, -0.2) is 34.7 Å². The number of benzene rings is 1. The van der Waals surface area contributed by atoms with Gasteiger partial charge in [0.15, 0.2) is 5.78 Å². The molecule has 1 saturated heterocycles. The summed E-state index contributed by atoms with van der Waals surface area (Å²) in [6, 6.07) is 10.8. The number of rotatable bonds is 4. The number of piperidine rings is 1. The van der Waals surface area contributed by atoms with Crippen LogP contribution in [-0.2, 0) is 0 Å². The lowest BCUT2D eigenvalue weighted by Crippen LogP contribution is -2.40. The molecule has 5 nitrogen and oxygen atoms in total. The zero-order valence-electron chi connectivity index (χ0n) is 15.2. The minimum absolute atomic E-state index is 0.0527. The van der Waals surface area contributed by atoms with Crippen molar-refractivity contribution < 1.29 is 9.59 Å². The number of ketones is 1. The van der Waals surface area contributed by atoms with Crippen LogP contribution in [0.2, 0.25) is 0 Å². The van der Waals surface area contributed by atoms with Crippen molar-refractivity contribution in [1.82, 2.24) is 9.88 Å². The topological polar surface area (TPSA) is 70.2 Å². The summed E-state index contributed by atoms with van der Waals surface area (Å²) in [6.07, 6.45) is 2.78. The molecule has 1 N–H and O–H groups in total. The predicted octanol–water partition coefficient (Wildman–Crippen LogP) is 3.23. The van der Waals surface area contributed by atoms with Gasteiger partial charge in [0.05, 0.1) is 0 Å². The second-order valence-corrected chi connectivity index (χ2v) is 7.15. The van der Waals surface area contributed by atoms with Crippen molar-refractivity contribution in [2.45, 2.75) is 32.6 Å². The van der Waals surface area contributed by atoms with Crippen molar-refractivity contribution in [3.8, 4) is 0 Å². The first-order chi connectivity index (χ1) is 12.5. The number of nitrogens with one attached hydrogen (secondary N) is 1. The summed E-state index contributed by atoms with van der Waals surface area (Å²) in [5.41, 5.74) is 2.07. The zero-order valence-corrected chi connectivity index (χ0v) is 15.2. The summed E-state index contributed by atoms with van der Waals surface area (Å²) in [5.74, 6) is 0.397. The molecule has 136 valence electrons. The van der Waals surface area contributed by atoms with Crippen LogP contribution in [0.1, 0.15) is 58.9 Å². The number of hydrogen-bond donors (Lipinski definition) is 1. The maximum Gasteiger partial charge on any atom is 0.254 e. The average molecular weight is 352 g/mol. The SMILES string of the molecule is CC(C)c1ccc(C(=O)C2CCN(C(=O)c3cc[nH]c(=O)c3)CC2)cc1. The van der Waals surface area contributed by atoms with Gasteiger partial charge < -0.3 is 9.88 Å². The molecule has 0 unspecified atom stereocenters. The molecule has 1 aliphatic heterocycles. The van der Waals surface area contributed by atoms with E-state index in [2.05, 4.69) is 18.8 Å². The molecule has 26 heavy (non-hydrogen) atoms. The molecular weight excluding hydrogens is 328 g/mol. The lowest BCUT2D eigenvalue weighted by Gasteiger charge is -2.31. The number of hydrogen-bond acceptors (Lipinski definition) is 3. The van der Waals surface area contributed by atoms with Gasteiger partial charge in [0.1, 0.15) is 0 Å². The number of pyridine rings is 1. The second kappa shape index (κ2) is 7.68. The summed E-state index contributed by atoms with van der Waals surface area (Å²) in [4.78, 5) is 40.8. The van der Waals surface area contributed by atoms with Crippen molar-refractivity contribution in [3.05, 3.63) is 69.6 Å². The second-order valence-electron chi connectivity index (χ2n) is 7.15. The van der Waals surface area contributed by atoms with Gasteiger partial charge in [-0.25, -0.2) is 0 Å². The van der Waals surface area contributed by atoms with Gasteiger partial charge >= 0.3 is 0 Å². The molecule has 0 bridgehead atoms. The Morgan fingerprint density at radius 2 is 1.69 bits per heavy atom. The first-order valence-corrected chi connectivity index (χ1v) is 9.08. The highest BCUT2D eigenvalue weighted by atomic mass is 16.2. The molecule has 5 heteroatoms. The number of aromatic amines is 1. The number of H-pyrrole nitrogens is 1. The highest BCUT2D eigenvalue weighted by molar-refractivity contribution is 5.98. The van der Waals surface area contributed by atoms with Crippen LogP contribution >= 0.6 is 0 Å². The van der Waals surface area contributed by atoms with E-state index < -0.39 is 0 Å². The van der Waals surface area contributed by atoms with E-state index in [1.807, 2.05) is 24.3 Å². The number of carbonyl (C=O) groups excluding carboxylic acids is 2. The third-order valence-electron chi connectivity index (χ3n) is 5.04. The molecule has 2 heterocycles. The fourth-order valence-corrected chi connectivity index (χ4v) is 3.37.